The molecule has 1 heterocycles. The fourth-order valence-electron chi connectivity index (χ4n) is 3.06. The molecule has 0 spiro atoms. The Morgan fingerprint density at radius 1 is 1.10 bits per heavy atom. The third-order valence-corrected chi connectivity index (χ3v) is 4.56. The Morgan fingerprint density at radius 3 is 2.60 bits per heavy atom. The van der Waals surface area contributed by atoms with Gasteiger partial charge in [-0.1, -0.05) is 36.4 Å². The van der Waals surface area contributed by atoms with Crippen molar-refractivity contribution in [1.29, 1.82) is 0 Å². The van der Waals surface area contributed by atoms with Crippen LogP contribution in [0.5, 0.6) is 5.75 Å². The number of nitrogens with zero attached hydrogens (tertiary/aromatic N) is 3. The molecule has 1 aromatic heterocycles. The summed E-state index contributed by atoms with van der Waals surface area (Å²) in [6.07, 6.45) is 3.79. The lowest BCUT2D eigenvalue weighted by Gasteiger charge is -2.18. The molecular weight excluding hydrogens is 489 g/mol. The first-order valence-corrected chi connectivity index (χ1v) is 9.86. The molecule has 2 N–H and O–H groups in total. The summed E-state index contributed by atoms with van der Waals surface area (Å²) in [5, 5.41) is 11.0. The molecule has 7 heteroatoms. The van der Waals surface area contributed by atoms with Gasteiger partial charge in [-0.2, -0.15) is 5.10 Å². The van der Waals surface area contributed by atoms with E-state index in [0.717, 1.165) is 18.3 Å². The van der Waals surface area contributed by atoms with Crippen LogP contribution in [0, 0.1) is 6.92 Å². The maximum absolute atomic E-state index is 5.98. The van der Waals surface area contributed by atoms with Crippen LogP contribution in [-0.2, 0) is 13.1 Å². The first-order valence-electron chi connectivity index (χ1n) is 9.86. The van der Waals surface area contributed by atoms with Crippen LogP contribution in [0.15, 0.2) is 72.0 Å². The number of aryl methyl sites for hydroxylation is 1. The number of halogens is 1. The van der Waals surface area contributed by atoms with Gasteiger partial charge < -0.3 is 15.4 Å². The van der Waals surface area contributed by atoms with Gasteiger partial charge in [0.05, 0.1) is 13.1 Å². The molecule has 0 amide bonds. The van der Waals surface area contributed by atoms with Gasteiger partial charge in [0.15, 0.2) is 5.96 Å². The zero-order valence-corrected chi connectivity index (χ0v) is 20.0. The lowest BCUT2D eigenvalue weighted by atomic mass is 10.1. The van der Waals surface area contributed by atoms with Crippen molar-refractivity contribution in [3.05, 3.63) is 83.7 Å². The third kappa shape index (κ3) is 7.37. The summed E-state index contributed by atoms with van der Waals surface area (Å²) in [5.74, 6) is 1.63. The van der Waals surface area contributed by atoms with Crippen LogP contribution in [0.3, 0.4) is 0 Å². The summed E-state index contributed by atoms with van der Waals surface area (Å²) in [7, 11) is 1.77. The Balaban J connectivity index is 0.00000320. The van der Waals surface area contributed by atoms with Gasteiger partial charge in [0.25, 0.3) is 0 Å². The van der Waals surface area contributed by atoms with E-state index in [-0.39, 0.29) is 30.1 Å². The first-order chi connectivity index (χ1) is 14.1. The van der Waals surface area contributed by atoms with E-state index in [1.165, 1.54) is 16.7 Å². The lowest BCUT2D eigenvalue weighted by Crippen LogP contribution is -2.41. The number of hydrogen-bond donors (Lipinski definition) is 2. The molecule has 0 saturated carbocycles. The molecule has 3 rings (SSSR count). The van der Waals surface area contributed by atoms with E-state index >= 15 is 0 Å². The standard InChI is InChI=1S/C23H29N5O.HI/c1-18-8-6-11-22(14-18)29-19(2)15-25-23(24-3)26-16-20-9-4-5-10-21(20)17-28-13-7-12-27-28;/h4-14,19H,15-17H2,1-3H3,(H2,24,25,26);1H. The molecular formula is C23H30IN5O. The minimum absolute atomic E-state index is 0. The summed E-state index contributed by atoms with van der Waals surface area (Å²) in [5.41, 5.74) is 3.64. The van der Waals surface area contributed by atoms with Crippen molar-refractivity contribution in [1.82, 2.24) is 20.4 Å². The second-order valence-corrected chi connectivity index (χ2v) is 7.02. The van der Waals surface area contributed by atoms with Gasteiger partial charge in [-0.15, -0.1) is 24.0 Å². The molecule has 160 valence electrons. The molecule has 0 aliphatic rings. The summed E-state index contributed by atoms with van der Waals surface area (Å²) >= 11 is 0. The first kappa shape index (κ1) is 23.7. The summed E-state index contributed by atoms with van der Waals surface area (Å²) < 4.78 is 7.90. The third-order valence-electron chi connectivity index (χ3n) is 4.56. The van der Waals surface area contributed by atoms with Crippen LogP contribution >= 0.6 is 24.0 Å². The maximum Gasteiger partial charge on any atom is 0.191 e. The van der Waals surface area contributed by atoms with E-state index in [4.69, 9.17) is 4.74 Å². The minimum Gasteiger partial charge on any atom is -0.489 e. The van der Waals surface area contributed by atoms with Crippen LogP contribution in [0.2, 0.25) is 0 Å². The highest BCUT2D eigenvalue weighted by Gasteiger charge is 2.08. The van der Waals surface area contributed by atoms with Crippen LogP contribution < -0.4 is 15.4 Å². The lowest BCUT2D eigenvalue weighted by molar-refractivity contribution is 0.223. The van der Waals surface area contributed by atoms with Gasteiger partial charge in [-0.25, -0.2) is 0 Å². The van der Waals surface area contributed by atoms with E-state index in [2.05, 4.69) is 58.0 Å². The monoisotopic (exact) mass is 519 g/mol. The van der Waals surface area contributed by atoms with Crippen molar-refractivity contribution in [3.63, 3.8) is 0 Å². The average molecular weight is 519 g/mol. The molecule has 1 atom stereocenters. The topological polar surface area (TPSA) is 63.5 Å². The van der Waals surface area contributed by atoms with Gasteiger partial charge in [0.2, 0.25) is 0 Å². The Labute approximate surface area is 195 Å². The van der Waals surface area contributed by atoms with E-state index < -0.39 is 0 Å². The fraction of sp³-hybridized carbons (Fsp3) is 0.304. The Morgan fingerprint density at radius 2 is 1.90 bits per heavy atom. The quantitative estimate of drug-likeness (QED) is 0.269. The normalized spacial score (nSPS) is 12.0. The highest BCUT2D eigenvalue weighted by Crippen LogP contribution is 2.14. The van der Waals surface area contributed by atoms with Crippen molar-refractivity contribution in [3.8, 4) is 5.75 Å². The molecule has 0 saturated heterocycles. The van der Waals surface area contributed by atoms with Gasteiger partial charge in [-0.3, -0.25) is 9.67 Å². The summed E-state index contributed by atoms with van der Waals surface area (Å²) in [4.78, 5) is 4.32. The second kappa shape index (κ2) is 12.2. The van der Waals surface area contributed by atoms with Crippen molar-refractivity contribution in [2.45, 2.75) is 33.0 Å². The Bertz CT molecular complexity index is 927. The molecule has 6 nitrogen and oxygen atoms in total. The summed E-state index contributed by atoms with van der Waals surface area (Å²) in [6.45, 7) is 6.19. The Kier molecular flexibility index (Phi) is 9.66. The minimum atomic E-state index is 0. The predicted molar refractivity (Wildman–Crippen MR) is 133 cm³/mol. The van der Waals surface area contributed by atoms with Gasteiger partial charge in [-0.05, 0) is 48.7 Å². The SMILES string of the molecule is CN=C(NCc1ccccc1Cn1cccn1)NCC(C)Oc1cccc(C)c1.I. The number of guanidine groups is 1. The van der Waals surface area contributed by atoms with Crippen LogP contribution in [0.4, 0.5) is 0 Å². The summed E-state index contributed by atoms with van der Waals surface area (Å²) in [6, 6.07) is 18.4. The van der Waals surface area contributed by atoms with Crippen molar-refractivity contribution in [2.24, 2.45) is 4.99 Å². The number of rotatable bonds is 8. The molecule has 0 radical (unpaired) electrons. The fourth-order valence-corrected chi connectivity index (χ4v) is 3.06. The van der Waals surface area contributed by atoms with E-state index in [1.54, 1.807) is 13.2 Å². The van der Waals surface area contributed by atoms with E-state index in [1.807, 2.05) is 42.1 Å². The van der Waals surface area contributed by atoms with Gasteiger partial charge in [0.1, 0.15) is 11.9 Å². The van der Waals surface area contributed by atoms with Gasteiger partial charge >= 0.3 is 0 Å². The van der Waals surface area contributed by atoms with Crippen molar-refractivity contribution in [2.75, 3.05) is 13.6 Å². The van der Waals surface area contributed by atoms with E-state index in [0.29, 0.717) is 13.1 Å². The molecule has 0 fully saturated rings. The average Bonchev–Trinajstić information content (AvgIpc) is 3.22. The van der Waals surface area contributed by atoms with Crippen LogP contribution in [0.25, 0.3) is 0 Å². The van der Waals surface area contributed by atoms with Crippen LogP contribution in [-0.4, -0.2) is 35.4 Å². The largest absolute Gasteiger partial charge is 0.489 e. The maximum atomic E-state index is 5.98. The number of hydrogen-bond acceptors (Lipinski definition) is 3. The molecule has 2 aromatic carbocycles. The molecule has 3 aromatic rings. The zero-order valence-electron chi connectivity index (χ0n) is 17.7. The highest BCUT2D eigenvalue weighted by atomic mass is 127. The number of aromatic nitrogens is 2. The molecule has 30 heavy (non-hydrogen) atoms. The molecule has 1 unspecified atom stereocenters. The van der Waals surface area contributed by atoms with E-state index in [9.17, 15) is 0 Å². The van der Waals surface area contributed by atoms with Crippen LogP contribution in [0.1, 0.15) is 23.6 Å². The number of aliphatic imine (C=N–C) groups is 1. The number of nitrogens with one attached hydrogen (secondary N) is 2. The smallest absolute Gasteiger partial charge is 0.191 e. The second-order valence-electron chi connectivity index (χ2n) is 7.02. The van der Waals surface area contributed by atoms with Crippen molar-refractivity contribution >= 4 is 29.9 Å². The molecule has 0 aliphatic heterocycles. The molecule has 0 bridgehead atoms. The zero-order chi connectivity index (χ0) is 20.5. The number of ether oxygens (including phenoxy) is 1. The Hall–Kier alpha value is -2.55. The van der Waals surface area contributed by atoms with Gasteiger partial charge in [0, 0.05) is 26.0 Å². The predicted octanol–water partition coefficient (Wildman–Crippen LogP) is 3.99. The number of benzene rings is 2. The van der Waals surface area contributed by atoms with Crippen molar-refractivity contribution < 1.29 is 4.74 Å². The molecule has 0 aliphatic carbocycles. The highest BCUT2D eigenvalue weighted by molar-refractivity contribution is 14.0.